The molecule has 21 heavy (non-hydrogen) atoms. The summed E-state index contributed by atoms with van der Waals surface area (Å²) >= 11 is 0. The van der Waals surface area contributed by atoms with Gasteiger partial charge in [0.15, 0.2) is 11.6 Å². The third kappa shape index (κ3) is 2.38. The summed E-state index contributed by atoms with van der Waals surface area (Å²) in [5.74, 6) is 2.33. The molecule has 108 valence electrons. The van der Waals surface area contributed by atoms with E-state index in [1.807, 2.05) is 44.2 Å². The quantitative estimate of drug-likeness (QED) is 0.786. The molecule has 0 aliphatic carbocycles. The summed E-state index contributed by atoms with van der Waals surface area (Å²) in [6, 6.07) is 9.51. The average molecular weight is 284 g/mol. The van der Waals surface area contributed by atoms with E-state index in [1.165, 1.54) is 0 Å². The van der Waals surface area contributed by atoms with Crippen LogP contribution in [-0.2, 0) is 0 Å². The van der Waals surface area contributed by atoms with E-state index < -0.39 is 0 Å². The Morgan fingerprint density at radius 1 is 1.14 bits per heavy atom. The summed E-state index contributed by atoms with van der Waals surface area (Å²) < 4.78 is 16.3. The van der Waals surface area contributed by atoms with Gasteiger partial charge >= 0.3 is 0 Å². The van der Waals surface area contributed by atoms with Gasteiger partial charge in [0, 0.05) is 0 Å². The number of nitrogens with zero attached hydrogens (tertiary/aromatic N) is 1. The van der Waals surface area contributed by atoms with Gasteiger partial charge in [-0.3, -0.25) is 0 Å². The van der Waals surface area contributed by atoms with Gasteiger partial charge in [-0.25, -0.2) is 0 Å². The highest BCUT2D eigenvalue weighted by Gasteiger charge is 2.21. The zero-order valence-electron chi connectivity index (χ0n) is 11.9. The monoisotopic (exact) mass is 284 g/mol. The first-order valence-electron chi connectivity index (χ1n) is 6.73. The Hall–Kier alpha value is -2.69. The van der Waals surface area contributed by atoms with Crippen LogP contribution in [0, 0.1) is 6.92 Å². The second-order valence-corrected chi connectivity index (χ2v) is 4.66. The molecule has 0 atom stereocenters. The van der Waals surface area contributed by atoms with Crippen LogP contribution in [0.25, 0.3) is 22.6 Å². The third-order valence-electron chi connectivity index (χ3n) is 3.24. The number of rotatable bonds is 4. The Balaban J connectivity index is 2.06. The lowest BCUT2D eigenvalue weighted by Gasteiger charge is -2.05. The first-order valence-corrected chi connectivity index (χ1v) is 6.73. The van der Waals surface area contributed by atoms with Crippen LogP contribution in [-0.4, -0.2) is 11.8 Å². The molecule has 5 heteroatoms. The normalized spacial score (nSPS) is 10.8. The first kappa shape index (κ1) is 13.3. The maximum Gasteiger partial charge on any atom is 0.212 e. The number of benzene rings is 1. The van der Waals surface area contributed by atoms with Crippen molar-refractivity contribution in [3.05, 3.63) is 42.2 Å². The highest BCUT2D eigenvalue weighted by atomic mass is 16.5. The number of anilines is 1. The molecule has 0 saturated carbocycles. The molecular formula is C16H16N2O3. The van der Waals surface area contributed by atoms with Crippen LogP contribution in [0.4, 0.5) is 5.82 Å². The number of furan rings is 1. The van der Waals surface area contributed by atoms with Crippen molar-refractivity contribution in [2.75, 3.05) is 12.3 Å². The highest BCUT2D eigenvalue weighted by Crippen LogP contribution is 2.38. The molecule has 0 unspecified atom stereocenters. The Bertz CT molecular complexity index is 741. The van der Waals surface area contributed by atoms with E-state index in [9.17, 15) is 0 Å². The average Bonchev–Trinajstić information content (AvgIpc) is 3.06. The summed E-state index contributed by atoms with van der Waals surface area (Å²) in [6.45, 7) is 4.52. The number of nitrogens with two attached hydrogens (primary N) is 1. The molecule has 2 heterocycles. The largest absolute Gasteiger partial charge is 0.494 e. The standard InChI is InChI=1S/C16H16N2O3/c1-3-19-12-6-4-11(5-7-12)13-15(21-18-16(13)17)14-10(2)8-9-20-14/h4-9H,3H2,1-2H3,(H2,17,18). The lowest BCUT2D eigenvalue weighted by molar-refractivity contribution is 0.340. The smallest absolute Gasteiger partial charge is 0.212 e. The highest BCUT2D eigenvalue weighted by molar-refractivity contribution is 5.85. The predicted octanol–water partition coefficient (Wildman–Crippen LogP) is 3.89. The SMILES string of the molecule is CCOc1ccc(-c2c(N)noc2-c2occc2C)cc1. The molecule has 1 aromatic carbocycles. The van der Waals surface area contributed by atoms with Gasteiger partial charge in [-0.2, -0.15) is 0 Å². The molecule has 0 bridgehead atoms. The van der Waals surface area contributed by atoms with Crippen LogP contribution >= 0.6 is 0 Å². The second kappa shape index (κ2) is 5.36. The van der Waals surface area contributed by atoms with E-state index >= 15 is 0 Å². The number of nitrogen functional groups attached to an aromatic ring is 1. The Labute approximate surface area is 122 Å². The number of aryl methyl sites for hydroxylation is 1. The van der Waals surface area contributed by atoms with Gasteiger partial charge in [0.25, 0.3) is 0 Å². The fourth-order valence-corrected chi connectivity index (χ4v) is 2.23. The molecule has 0 spiro atoms. The van der Waals surface area contributed by atoms with Crippen LogP contribution in [0.3, 0.4) is 0 Å². The van der Waals surface area contributed by atoms with Crippen LogP contribution in [0.5, 0.6) is 5.75 Å². The van der Waals surface area contributed by atoms with E-state index in [4.69, 9.17) is 19.4 Å². The van der Waals surface area contributed by atoms with Gasteiger partial charge in [-0.05, 0) is 43.2 Å². The lowest BCUT2D eigenvalue weighted by atomic mass is 10.0. The van der Waals surface area contributed by atoms with E-state index in [0.29, 0.717) is 23.9 Å². The van der Waals surface area contributed by atoms with Gasteiger partial charge in [-0.1, -0.05) is 17.3 Å². The third-order valence-corrected chi connectivity index (χ3v) is 3.24. The molecular weight excluding hydrogens is 268 g/mol. The molecule has 3 rings (SSSR count). The minimum atomic E-state index is 0.338. The van der Waals surface area contributed by atoms with Crippen LogP contribution in [0.2, 0.25) is 0 Å². The van der Waals surface area contributed by atoms with Crippen molar-refractivity contribution in [1.82, 2.24) is 5.16 Å². The van der Waals surface area contributed by atoms with Crippen molar-refractivity contribution >= 4 is 5.82 Å². The number of hydrogen-bond donors (Lipinski definition) is 1. The van der Waals surface area contributed by atoms with E-state index in [0.717, 1.165) is 22.4 Å². The first-order chi connectivity index (χ1) is 10.2. The molecule has 5 nitrogen and oxygen atoms in total. The van der Waals surface area contributed by atoms with Crippen molar-refractivity contribution in [2.24, 2.45) is 0 Å². The van der Waals surface area contributed by atoms with Gasteiger partial charge in [-0.15, -0.1) is 0 Å². The molecule has 0 saturated heterocycles. The van der Waals surface area contributed by atoms with E-state index in [1.54, 1.807) is 6.26 Å². The molecule has 0 radical (unpaired) electrons. The van der Waals surface area contributed by atoms with Crippen LogP contribution < -0.4 is 10.5 Å². The van der Waals surface area contributed by atoms with Crippen molar-refractivity contribution in [1.29, 1.82) is 0 Å². The van der Waals surface area contributed by atoms with Gasteiger partial charge < -0.3 is 19.4 Å². The summed E-state index contributed by atoms with van der Waals surface area (Å²) in [5, 5.41) is 3.86. The molecule has 0 aliphatic heterocycles. The van der Waals surface area contributed by atoms with Crippen molar-refractivity contribution < 1.29 is 13.7 Å². The molecule has 0 aliphatic rings. The predicted molar refractivity (Wildman–Crippen MR) is 80.0 cm³/mol. The molecule has 2 aromatic heterocycles. The fourth-order valence-electron chi connectivity index (χ4n) is 2.23. The zero-order chi connectivity index (χ0) is 14.8. The Morgan fingerprint density at radius 2 is 1.90 bits per heavy atom. The number of ether oxygens (including phenoxy) is 1. The van der Waals surface area contributed by atoms with E-state index in [-0.39, 0.29) is 0 Å². The number of hydrogen-bond acceptors (Lipinski definition) is 5. The fraction of sp³-hybridized carbons (Fsp3) is 0.188. The zero-order valence-corrected chi connectivity index (χ0v) is 11.9. The topological polar surface area (TPSA) is 74.4 Å². The van der Waals surface area contributed by atoms with Gasteiger partial charge in [0.1, 0.15) is 5.75 Å². The summed E-state index contributed by atoms with van der Waals surface area (Å²) in [5.41, 5.74) is 8.56. The second-order valence-electron chi connectivity index (χ2n) is 4.66. The number of aromatic nitrogens is 1. The minimum Gasteiger partial charge on any atom is -0.494 e. The Morgan fingerprint density at radius 3 is 2.52 bits per heavy atom. The van der Waals surface area contributed by atoms with Crippen molar-refractivity contribution in [3.63, 3.8) is 0 Å². The summed E-state index contributed by atoms with van der Waals surface area (Å²) in [6.07, 6.45) is 1.62. The summed E-state index contributed by atoms with van der Waals surface area (Å²) in [7, 11) is 0. The van der Waals surface area contributed by atoms with Crippen LogP contribution in [0.15, 0.2) is 45.5 Å². The van der Waals surface area contributed by atoms with Crippen molar-refractivity contribution in [3.8, 4) is 28.4 Å². The molecule has 3 aromatic rings. The summed E-state index contributed by atoms with van der Waals surface area (Å²) in [4.78, 5) is 0. The molecule has 2 N–H and O–H groups in total. The molecule has 0 amide bonds. The maximum atomic E-state index is 5.95. The van der Waals surface area contributed by atoms with Crippen LogP contribution in [0.1, 0.15) is 12.5 Å². The van der Waals surface area contributed by atoms with Crippen molar-refractivity contribution in [2.45, 2.75) is 13.8 Å². The molecule has 0 fully saturated rings. The maximum absolute atomic E-state index is 5.95. The van der Waals surface area contributed by atoms with Gasteiger partial charge in [0.05, 0.1) is 18.4 Å². The van der Waals surface area contributed by atoms with E-state index in [2.05, 4.69) is 5.16 Å². The Kier molecular flexibility index (Phi) is 3.39. The minimum absolute atomic E-state index is 0.338. The lowest BCUT2D eigenvalue weighted by Crippen LogP contribution is -1.92. The van der Waals surface area contributed by atoms with Gasteiger partial charge in [0.2, 0.25) is 5.76 Å².